The number of carbonyl (C=O) groups is 2. The monoisotopic (exact) mass is 974 g/mol. The van der Waals surface area contributed by atoms with E-state index in [1.807, 2.05) is 0 Å². The van der Waals surface area contributed by atoms with E-state index in [2.05, 4.69) is 29.5 Å². The summed E-state index contributed by atoms with van der Waals surface area (Å²) in [5, 5.41) is 60.2. The third-order valence-corrected chi connectivity index (χ3v) is 14.0. The van der Waals surface area contributed by atoms with Crippen molar-refractivity contribution in [2.45, 2.75) is 300 Å². The van der Waals surface area contributed by atoms with Crippen LogP contribution in [0.3, 0.4) is 0 Å². The molecule has 0 spiro atoms. The van der Waals surface area contributed by atoms with Crippen LogP contribution in [-0.4, -0.2) is 97.9 Å². The number of pyridine rings is 1. The van der Waals surface area contributed by atoms with E-state index in [0.29, 0.717) is 18.5 Å². The maximum absolute atomic E-state index is 13.3. The Morgan fingerprint density at radius 2 is 1.00 bits per heavy atom. The molecule has 0 aromatic carbocycles. The van der Waals surface area contributed by atoms with Gasteiger partial charge in [0.25, 0.3) is 0 Å². The van der Waals surface area contributed by atoms with E-state index < -0.39 is 61.5 Å². The molecule has 1 aliphatic heterocycles. The van der Waals surface area contributed by atoms with Crippen LogP contribution in [0.25, 0.3) is 0 Å². The zero-order valence-electron chi connectivity index (χ0n) is 43.8. The summed E-state index contributed by atoms with van der Waals surface area (Å²) in [4.78, 5) is 29.6. The van der Waals surface area contributed by atoms with E-state index in [4.69, 9.17) is 9.47 Å². The van der Waals surface area contributed by atoms with Crippen molar-refractivity contribution < 1.29 is 44.6 Å². The highest BCUT2D eigenvalue weighted by atomic mass is 16.6. The molecule has 1 aromatic rings. The molecule has 400 valence electrons. The first-order valence-electron chi connectivity index (χ1n) is 28.5. The predicted octanol–water partition coefficient (Wildman–Crippen LogP) is 12.7. The Morgan fingerprint density at radius 1 is 0.594 bits per heavy atom. The largest absolute Gasteiger partial charge is 0.446 e. The van der Waals surface area contributed by atoms with Gasteiger partial charge in [0, 0.05) is 24.5 Å². The molecule has 2 rings (SSSR count). The number of carbonyl (C=O) groups excluding carboxylic acids is 2. The SMILES string of the molecule is CCCCCCCCCCCCCCCCCCCCCCCCCC(=O)NC(/C=C/[C@H]1O[C@H](COC(=O)Nc2ccncc2)[C@H](O)[C@H](O)[C@H]1O)[C@H](O)[C@H](O)CCCCCCCCCCCCCC. The van der Waals surface area contributed by atoms with Gasteiger partial charge in [-0.25, -0.2) is 4.79 Å². The van der Waals surface area contributed by atoms with Crippen LogP contribution in [0.1, 0.15) is 251 Å². The van der Waals surface area contributed by atoms with Crippen molar-refractivity contribution in [3.63, 3.8) is 0 Å². The van der Waals surface area contributed by atoms with E-state index in [1.165, 1.54) is 198 Å². The number of nitrogens with one attached hydrogen (secondary N) is 2. The molecule has 7 N–H and O–H groups in total. The molecule has 1 unspecified atom stereocenters. The fourth-order valence-electron chi connectivity index (χ4n) is 9.43. The Labute approximate surface area is 420 Å². The van der Waals surface area contributed by atoms with Gasteiger partial charge in [0.1, 0.15) is 43.2 Å². The number of ether oxygens (including phenoxy) is 2. The molecular weight excluding hydrogens is 871 g/mol. The number of anilines is 1. The van der Waals surface area contributed by atoms with Crippen molar-refractivity contribution in [1.82, 2.24) is 10.3 Å². The van der Waals surface area contributed by atoms with Gasteiger partial charge in [-0.2, -0.15) is 0 Å². The first kappa shape index (κ1) is 62.5. The van der Waals surface area contributed by atoms with Crippen LogP contribution in [0, 0.1) is 0 Å². The summed E-state index contributed by atoms with van der Waals surface area (Å²) in [6.07, 6.45) is 40.4. The second-order valence-electron chi connectivity index (χ2n) is 20.3. The highest BCUT2D eigenvalue weighted by Gasteiger charge is 2.43. The molecule has 1 saturated heterocycles. The zero-order chi connectivity index (χ0) is 50.0. The maximum atomic E-state index is 13.3. The van der Waals surface area contributed by atoms with Gasteiger partial charge in [-0.3, -0.25) is 15.1 Å². The number of hydrogen-bond donors (Lipinski definition) is 7. The maximum Gasteiger partial charge on any atom is 0.411 e. The lowest BCUT2D eigenvalue weighted by Gasteiger charge is -2.39. The number of hydrogen-bond acceptors (Lipinski definition) is 10. The number of rotatable bonds is 45. The Balaban J connectivity index is 1.74. The first-order chi connectivity index (χ1) is 33.7. The lowest BCUT2D eigenvalue weighted by atomic mass is 9.93. The Hall–Kier alpha value is -2.61. The highest BCUT2D eigenvalue weighted by molar-refractivity contribution is 5.84. The van der Waals surface area contributed by atoms with Gasteiger partial charge in [0.05, 0.1) is 12.1 Å². The molecule has 69 heavy (non-hydrogen) atoms. The highest BCUT2D eigenvalue weighted by Crippen LogP contribution is 2.24. The smallest absolute Gasteiger partial charge is 0.411 e. The van der Waals surface area contributed by atoms with Crippen LogP contribution in [0.5, 0.6) is 0 Å². The quantitative estimate of drug-likeness (QED) is 0.0245. The van der Waals surface area contributed by atoms with Gasteiger partial charge in [-0.05, 0) is 25.0 Å². The van der Waals surface area contributed by atoms with Crippen LogP contribution in [-0.2, 0) is 14.3 Å². The van der Waals surface area contributed by atoms with Crippen LogP contribution >= 0.6 is 0 Å². The number of nitrogens with zero attached hydrogens (tertiary/aromatic N) is 1. The molecule has 0 bridgehead atoms. The van der Waals surface area contributed by atoms with Crippen molar-refractivity contribution in [2.75, 3.05) is 11.9 Å². The van der Waals surface area contributed by atoms with Gasteiger partial charge in [-0.15, -0.1) is 0 Å². The third kappa shape index (κ3) is 32.2. The molecule has 2 amide bonds. The molecule has 1 aromatic heterocycles. The number of aliphatic hydroxyl groups is 5. The summed E-state index contributed by atoms with van der Waals surface area (Å²) in [5.74, 6) is -0.253. The second-order valence-corrected chi connectivity index (χ2v) is 20.3. The standard InChI is InChI=1S/C57H103N3O9/c1-3-5-7-9-11-13-15-17-18-19-20-21-22-23-24-25-26-27-29-31-33-35-37-39-52(62)60-48(53(63)49(61)38-36-34-32-30-28-16-14-12-10-8-6-4-2)40-41-50-54(64)56(66)55(65)51(69-50)46-68-57(67)59-47-42-44-58-45-43-47/h40-45,48-51,53-56,61,63-66H,3-39,46H2,1-2H3,(H,60,62)(H,58,59,67)/b41-40+/t48?,49-,50-,51-,53+,54+,55+,56-/m1/s1. The number of aromatic nitrogens is 1. The van der Waals surface area contributed by atoms with E-state index in [9.17, 15) is 35.1 Å². The molecule has 12 nitrogen and oxygen atoms in total. The van der Waals surface area contributed by atoms with E-state index in [1.54, 1.807) is 12.1 Å². The van der Waals surface area contributed by atoms with Crippen LogP contribution in [0.2, 0.25) is 0 Å². The molecule has 1 fully saturated rings. The number of aliphatic hydroxyl groups excluding tert-OH is 5. The molecule has 8 atom stereocenters. The number of unbranched alkanes of at least 4 members (excludes halogenated alkanes) is 33. The number of amides is 2. The summed E-state index contributed by atoms with van der Waals surface area (Å²) in [6, 6.07) is 2.16. The van der Waals surface area contributed by atoms with Gasteiger partial charge in [-0.1, -0.05) is 244 Å². The third-order valence-electron chi connectivity index (χ3n) is 14.0. The topological polar surface area (TPSA) is 191 Å². The molecule has 1 aliphatic rings. The molecule has 12 heteroatoms. The lowest BCUT2D eigenvalue weighted by molar-refractivity contribution is -0.216. The Bertz CT molecular complexity index is 1370. The first-order valence-corrected chi connectivity index (χ1v) is 28.5. The Morgan fingerprint density at radius 3 is 1.43 bits per heavy atom. The summed E-state index contributed by atoms with van der Waals surface area (Å²) < 4.78 is 11.1. The van der Waals surface area contributed by atoms with Crippen molar-refractivity contribution in [2.24, 2.45) is 0 Å². The lowest BCUT2D eigenvalue weighted by Crippen LogP contribution is -2.58. The van der Waals surface area contributed by atoms with Crippen LogP contribution < -0.4 is 10.6 Å². The fourth-order valence-corrected chi connectivity index (χ4v) is 9.43. The van der Waals surface area contributed by atoms with Crippen LogP contribution in [0.15, 0.2) is 36.7 Å². The molecule has 2 heterocycles. The average Bonchev–Trinajstić information content (AvgIpc) is 3.35. The van der Waals surface area contributed by atoms with Crippen molar-refractivity contribution in [1.29, 1.82) is 0 Å². The van der Waals surface area contributed by atoms with Gasteiger partial charge in [0.2, 0.25) is 5.91 Å². The second kappa shape index (κ2) is 43.0. The van der Waals surface area contributed by atoms with Crippen molar-refractivity contribution in [3.8, 4) is 0 Å². The average molecular weight is 974 g/mol. The van der Waals surface area contributed by atoms with Crippen LogP contribution in [0.4, 0.5) is 10.5 Å². The summed E-state index contributed by atoms with van der Waals surface area (Å²) >= 11 is 0. The molecule has 0 aliphatic carbocycles. The van der Waals surface area contributed by atoms with E-state index in [-0.39, 0.29) is 12.3 Å². The molecular formula is C57H103N3O9. The van der Waals surface area contributed by atoms with Gasteiger partial charge >= 0.3 is 6.09 Å². The van der Waals surface area contributed by atoms with Crippen molar-refractivity contribution in [3.05, 3.63) is 36.7 Å². The zero-order valence-corrected chi connectivity index (χ0v) is 43.8. The predicted molar refractivity (Wildman–Crippen MR) is 281 cm³/mol. The van der Waals surface area contributed by atoms with E-state index >= 15 is 0 Å². The van der Waals surface area contributed by atoms with Gasteiger partial charge in [0.15, 0.2) is 0 Å². The molecule has 0 radical (unpaired) electrons. The minimum atomic E-state index is -1.63. The van der Waals surface area contributed by atoms with Crippen molar-refractivity contribution >= 4 is 17.7 Å². The van der Waals surface area contributed by atoms with E-state index in [0.717, 1.165) is 44.9 Å². The molecule has 0 saturated carbocycles. The minimum absolute atomic E-state index is 0.253. The minimum Gasteiger partial charge on any atom is -0.446 e. The summed E-state index contributed by atoms with van der Waals surface area (Å²) in [6.45, 7) is 4.10. The summed E-state index contributed by atoms with van der Waals surface area (Å²) in [5.41, 5.74) is 0.454. The van der Waals surface area contributed by atoms with Gasteiger partial charge < -0.3 is 40.3 Å². The summed E-state index contributed by atoms with van der Waals surface area (Å²) in [7, 11) is 0. The fraction of sp³-hybridized carbons (Fsp3) is 0.842. The normalized spacial score (nSPS) is 19.7. The Kier molecular flexibility index (Phi) is 39.0.